The summed E-state index contributed by atoms with van der Waals surface area (Å²) < 4.78 is 2.81. The van der Waals surface area contributed by atoms with Gasteiger partial charge >= 0.3 is 0 Å². The predicted molar refractivity (Wildman–Crippen MR) is 43.6 cm³/mol. The Morgan fingerprint density at radius 1 is 1.89 bits per heavy atom. The van der Waals surface area contributed by atoms with Crippen LogP contribution >= 0.6 is 28.6 Å². The number of hydrogen-bond acceptors (Lipinski definition) is 2. The molecule has 0 aromatic carbocycles. The summed E-state index contributed by atoms with van der Waals surface area (Å²) in [7, 11) is 1.95. The van der Waals surface area contributed by atoms with E-state index in [9.17, 15) is 0 Å². The Labute approximate surface area is 67.8 Å². The third kappa shape index (κ3) is 1.49. The first-order chi connectivity index (χ1) is 4.24. The van der Waals surface area contributed by atoms with Crippen LogP contribution in [0.15, 0.2) is 10.8 Å². The molecule has 0 unspecified atom stereocenters. The van der Waals surface area contributed by atoms with Gasteiger partial charge in [-0.05, 0) is 15.9 Å². The van der Waals surface area contributed by atoms with Gasteiger partial charge < -0.3 is 4.57 Å². The molecule has 0 aliphatic rings. The van der Waals surface area contributed by atoms with E-state index in [0.29, 0.717) is 5.75 Å². The van der Waals surface area contributed by atoms with Gasteiger partial charge in [0.2, 0.25) is 0 Å². The number of halogens is 1. The lowest BCUT2D eigenvalue weighted by atomic mass is 10.7. The number of nitrogens with zero attached hydrogens (tertiary/aromatic N) is 2. The Kier molecular flexibility index (Phi) is 2.18. The number of aryl methyl sites for hydroxylation is 1. The maximum absolute atomic E-state index is 4.13. The lowest BCUT2D eigenvalue weighted by molar-refractivity contribution is 0.850. The van der Waals surface area contributed by atoms with Crippen molar-refractivity contribution in [2.24, 2.45) is 7.05 Å². The highest BCUT2D eigenvalue weighted by Gasteiger charge is 1.98. The van der Waals surface area contributed by atoms with Gasteiger partial charge in [0.05, 0.1) is 0 Å². The first-order valence-electron chi connectivity index (χ1n) is 2.52. The standard InChI is InChI=1S/C5H7BrN2S/c1-8-2-4(6)7-5(8)3-9/h2,9H,3H2,1H3. The molecule has 9 heavy (non-hydrogen) atoms. The molecule has 0 radical (unpaired) electrons. The number of aromatic nitrogens is 2. The van der Waals surface area contributed by atoms with Gasteiger partial charge in [-0.1, -0.05) is 0 Å². The monoisotopic (exact) mass is 206 g/mol. The average Bonchev–Trinajstić information content (AvgIpc) is 2.10. The molecule has 0 bridgehead atoms. The van der Waals surface area contributed by atoms with E-state index >= 15 is 0 Å². The van der Waals surface area contributed by atoms with Crippen LogP contribution in [0.2, 0.25) is 0 Å². The quantitative estimate of drug-likeness (QED) is 0.692. The van der Waals surface area contributed by atoms with Crippen LogP contribution in [0.4, 0.5) is 0 Å². The van der Waals surface area contributed by atoms with Crippen molar-refractivity contribution < 1.29 is 0 Å². The van der Waals surface area contributed by atoms with Crippen molar-refractivity contribution in [3.8, 4) is 0 Å². The van der Waals surface area contributed by atoms with Crippen LogP contribution in [0, 0.1) is 0 Å². The lowest BCUT2D eigenvalue weighted by Crippen LogP contribution is -1.91. The fraction of sp³-hybridized carbons (Fsp3) is 0.400. The smallest absolute Gasteiger partial charge is 0.124 e. The van der Waals surface area contributed by atoms with Gasteiger partial charge in [-0.3, -0.25) is 0 Å². The summed E-state index contributed by atoms with van der Waals surface area (Å²) >= 11 is 7.35. The summed E-state index contributed by atoms with van der Waals surface area (Å²) in [5.41, 5.74) is 0. The molecule has 0 amide bonds. The SMILES string of the molecule is Cn1cc(Br)nc1CS. The van der Waals surface area contributed by atoms with E-state index in [1.54, 1.807) is 0 Å². The molecule has 2 nitrogen and oxygen atoms in total. The summed E-state index contributed by atoms with van der Waals surface area (Å²) in [6.07, 6.45) is 1.91. The Bertz CT molecular complexity index is 209. The van der Waals surface area contributed by atoms with E-state index in [1.807, 2.05) is 17.8 Å². The van der Waals surface area contributed by atoms with Gasteiger partial charge in [-0.15, -0.1) is 0 Å². The fourth-order valence-corrected chi connectivity index (χ4v) is 1.42. The van der Waals surface area contributed by atoms with Crippen molar-refractivity contribution in [2.75, 3.05) is 0 Å². The molecule has 0 aliphatic carbocycles. The van der Waals surface area contributed by atoms with Crippen molar-refractivity contribution in [1.29, 1.82) is 0 Å². The molecular weight excluding hydrogens is 200 g/mol. The number of thiol groups is 1. The van der Waals surface area contributed by atoms with Gasteiger partial charge in [0.25, 0.3) is 0 Å². The third-order valence-corrected chi connectivity index (χ3v) is 1.75. The van der Waals surface area contributed by atoms with Gasteiger partial charge in [0.15, 0.2) is 0 Å². The summed E-state index contributed by atoms with van der Waals surface area (Å²) in [5, 5.41) is 0. The lowest BCUT2D eigenvalue weighted by Gasteiger charge is -1.92. The molecule has 1 heterocycles. The zero-order valence-corrected chi connectivity index (χ0v) is 7.48. The summed E-state index contributed by atoms with van der Waals surface area (Å²) in [6.45, 7) is 0. The number of rotatable bonds is 1. The Balaban J connectivity index is 3.01. The van der Waals surface area contributed by atoms with Crippen molar-refractivity contribution in [3.05, 3.63) is 16.6 Å². The van der Waals surface area contributed by atoms with Gasteiger partial charge in [0, 0.05) is 19.0 Å². The molecule has 4 heteroatoms. The second-order valence-electron chi connectivity index (χ2n) is 1.75. The Hall–Kier alpha value is 0.0400. The molecule has 0 fully saturated rings. The highest BCUT2D eigenvalue weighted by molar-refractivity contribution is 9.10. The van der Waals surface area contributed by atoms with Crippen molar-refractivity contribution in [3.63, 3.8) is 0 Å². The average molecular weight is 207 g/mol. The third-order valence-electron chi connectivity index (χ3n) is 1.08. The van der Waals surface area contributed by atoms with Crippen LogP contribution in [0.25, 0.3) is 0 Å². The number of imidazole rings is 1. The maximum atomic E-state index is 4.13. The van der Waals surface area contributed by atoms with E-state index in [-0.39, 0.29) is 0 Å². The van der Waals surface area contributed by atoms with Crippen LogP contribution in [-0.4, -0.2) is 9.55 Å². The highest BCUT2D eigenvalue weighted by Crippen LogP contribution is 2.08. The minimum atomic E-state index is 0.683. The number of hydrogen-bond donors (Lipinski definition) is 1. The highest BCUT2D eigenvalue weighted by atomic mass is 79.9. The first-order valence-corrected chi connectivity index (χ1v) is 3.95. The summed E-state index contributed by atoms with van der Waals surface area (Å²) in [4.78, 5) is 4.13. The van der Waals surface area contributed by atoms with Crippen LogP contribution in [-0.2, 0) is 12.8 Å². The molecule has 1 rings (SSSR count). The molecule has 0 saturated carbocycles. The summed E-state index contributed by atoms with van der Waals surface area (Å²) in [6, 6.07) is 0. The second kappa shape index (κ2) is 2.75. The molecule has 0 aliphatic heterocycles. The van der Waals surface area contributed by atoms with E-state index in [0.717, 1.165) is 10.4 Å². The molecular formula is C5H7BrN2S. The van der Waals surface area contributed by atoms with Gasteiger partial charge in [-0.25, -0.2) is 4.98 Å². The molecule has 0 N–H and O–H groups in total. The minimum Gasteiger partial charge on any atom is -0.336 e. The van der Waals surface area contributed by atoms with Crippen molar-refractivity contribution in [1.82, 2.24) is 9.55 Å². The second-order valence-corrected chi connectivity index (χ2v) is 2.88. The summed E-state index contributed by atoms with van der Waals surface area (Å²) in [5.74, 6) is 1.66. The molecule has 0 saturated heterocycles. The van der Waals surface area contributed by atoms with Gasteiger partial charge in [-0.2, -0.15) is 12.6 Å². The Morgan fingerprint density at radius 3 is 2.78 bits per heavy atom. The van der Waals surface area contributed by atoms with Crippen molar-refractivity contribution in [2.45, 2.75) is 5.75 Å². The molecule has 0 spiro atoms. The predicted octanol–water partition coefficient (Wildman–Crippen LogP) is 1.61. The topological polar surface area (TPSA) is 17.8 Å². The zero-order chi connectivity index (χ0) is 6.85. The first kappa shape index (κ1) is 7.15. The maximum Gasteiger partial charge on any atom is 0.124 e. The van der Waals surface area contributed by atoms with Crippen LogP contribution < -0.4 is 0 Å². The van der Waals surface area contributed by atoms with E-state index in [2.05, 4.69) is 33.5 Å². The van der Waals surface area contributed by atoms with Crippen LogP contribution in [0.5, 0.6) is 0 Å². The Morgan fingerprint density at radius 2 is 2.56 bits per heavy atom. The molecule has 50 valence electrons. The van der Waals surface area contributed by atoms with Crippen molar-refractivity contribution >= 4 is 28.6 Å². The fourth-order valence-electron chi connectivity index (χ4n) is 0.612. The van der Waals surface area contributed by atoms with E-state index in [1.165, 1.54) is 0 Å². The normalized spacial score (nSPS) is 10.1. The van der Waals surface area contributed by atoms with E-state index < -0.39 is 0 Å². The van der Waals surface area contributed by atoms with Gasteiger partial charge in [0.1, 0.15) is 10.4 Å². The largest absolute Gasteiger partial charge is 0.336 e. The molecule has 1 aromatic heterocycles. The zero-order valence-electron chi connectivity index (χ0n) is 5.00. The molecule has 0 atom stereocenters. The minimum absolute atomic E-state index is 0.683. The van der Waals surface area contributed by atoms with E-state index in [4.69, 9.17) is 0 Å². The van der Waals surface area contributed by atoms with Crippen LogP contribution in [0.3, 0.4) is 0 Å². The molecule has 1 aromatic rings. The van der Waals surface area contributed by atoms with Crippen LogP contribution in [0.1, 0.15) is 5.82 Å².